The molecule has 1 heterocycles. The largest absolute Gasteiger partial charge is 0.248 e. The lowest BCUT2D eigenvalue weighted by Crippen LogP contribution is -1.81. The van der Waals surface area contributed by atoms with Gasteiger partial charge in [0.15, 0.2) is 0 Å². The fourth-order valence-electron chi connectivity index (χ4n) is 1.31. The lowest BCUT2D eigenvalue weighted by Gasteiger charge is -1.94. The number of hydrogen-bond acceptors (Lipinski definition) is 1. The number of rotatable bonds is 1. The van der Waals surface area contributed by atoms with Crippen LogP contribution in [-0.4, -0.2) is 4.98 Å². The molecule has 16 heavy (non-hydrogen) atoms. The number of alkyl halides is 1. The molecule has 0 spiro atoms. The molecule has 0 aliphatic carbocycles. The van der Waals surface area contributed by atoms with Crippen molar-refractivity contribution in [2.75, 3.05) is 0 Å². The van der Waals surface area contributed by atoms with E-state index in [1.165, 1.54) is 0 Å². The molecule has 1 aromatic heterocycles. The zero-order valence-electron chi connectivity index (χ0n) is 8.65. The molecule has 0 atom stereocenters. The molecular formula is C14H10ClN. The molecule has 0 saturated carbocycles. The third kappa shape index (κ3) is 2.85. The van der Waals surface area contributed by atoms with Crippen LogP contribution >= 0.6 is 11.6 Å². The molecule has 0 aliphatic heterocycles. The van der Waals surface area contributed by atoms with Gasteiger partial charge in [-0.25, -0.2) is 4.98 Å². The molecule has 2 heteroatoms. The Labute approximate surface area is 100 Å². The van der Waals surface area contributed by atoms with E-state index in [1.807, 2.05) is 42.5 Å². The maximum atomic E-state index is 5.76. The average molecular weight is 228 g/mol. The lowest BCUT2D eigenvalue weighted by molar-refractivity contribution is 1.29. The maximum absolute atomic E-state index is 5.76. The summed E-state index contributed by atoms with van der Waals surface area (Å²) in [5, 5.41) is 0. The molecule has 0 unspecified atom stereocenters. The first-order valence-electron chi connectivity index (χ1n) is 4.96. The van der Waals surface area contributed by atoms with Gasteiger partial charge in [0, 0.05) is 17.6 Å². The summed E-state index contributed by atoms with van der Waals surface area (Å²) in [5.41, 5.74) is 2.82. The second kappa shape index (κ2) is 5.34. The van der Waals surface area contributed by atoms with E-state index in [1.54, 1.807) is 6.20 Å². The van der Waals surface area contributed by atoms with Crippen molar-refractivity contribution in [2.45, 2.75) is 5.88 Å². The molecule has 78 valence electrons. The molecule has 0 amide bonds. The number of hydrogen-bond donors (Lipinski definition) is 0. The van der Waals surface area contributed by atoms with Crippen LogP contribution in [0.15, 0.2) is 48.7 Å². The second-order valence-electron chi connectivity index (χ2n) is 3.30. The fourth-order valence-corrected chi connectivity index (χ4v) is 1.47. The van der Waals surface area contributed by atoms with Gasteiger partial charge in [-0.2, -0.15) is 0 Å². The first-order valence-corrected chi connectivity index (χ1v) is 5.50. The van der Waals surface area contributed by atoms with Crippen molar-refractivity contribution in [2.24, 2.45) is 0 Å². The van der Waals surface area contributed by atoms with Crippen molar-refractivity contribution in [3.8, 4) is 11.8 Å². The first kappa shape index (κ1) is 10.7. The Hall–Kier alpha value is -1.78. The standard InChI is InChI=1S/C14H10ClN/c15-11-13-5-3-4-12(10-13)7-8-14-6-1-2-9-16-14/h1-6,9-10H,11H2. The van der Waals surface area contributed by atoms with E-state index in [4.69, 9.17) is 11.6 Å². The number of pyridine rings is 1. The monoisotopic (exact) mass is 227 g/mol. The van der Waals surface area contributed by atoms with Gasteiger partial charge < -0.3 is 0 Å². The summed E-state index contributed by atoms with van der Waals surface area (Å²) in [6, 6.07) is 13.6. The molecular weight excluding hydrogens is 218 g/mol. The second-order valence-corrected chi connectivity index (χ2v) is 3.57. The molecule has 2 rings (SSSR count). The van der Waals surface area contributed by atoms with E-state index in [2.05, 4.69) is 16.8 Å². The molecule has 0 aliphatic rings. The number of nitrogens with zero attached hydrogens (tertiary/aromatic N) is 1. The van der Waals surface area contributed by atoms with Gasteiger partial charge in [-0.15, -0.1) is 11.6 Å². The topological polar surface area (TPSA) is 12.9 Å². The molecule has 2 aromatic rings. The van der Waals surface area contributed by atoms with Crippen molar-refractivity contribution in [1.29, 1.82) is 0 Å². The van der Waals surface area contributed by atoms with Gasteiger partial charge in [-0.1, -0.05) is 24.1 Å². The van der Waals surface area contributed by atoms with Crippen LogP contribution in [0.3, 0.4) is 0 Å². The van der Waals surface area contributed by atoms with Gasteiger partial charge in [0.2, 0.25) is 0 Å². The van der Waals surface area contributed by atoms with Crippen molar-refractivity contribution in [3.63, 3.8) is 0 Å². The average Bonchev–Trinajstić information content (AvgIpc) is 2.38. The lowest BCUT2D eigenvalue weighted by atomic mass is 10.1. The molecule has 0 bridgehead atoms. The minimum Gasteiger partial charge on any atom is -0.248 e. The van der Waals surface area contributed by atoms with Gasteiger partial charge >= 0.3 is 0 Å². The van der Waals surface area contributed by atoms with Crippen LogP contribution in [0.2, 0.25) is 0 Å². The zero-order chi connectivity index (χ0) is 11.2. The fraction of sp³-hybridized carbons (Fsp3) is 0.0714. The Kier molecular flexibility index (Phi) is 3.58. The third-order valence-corrected chi connectivity index (χ3v) is 2.39. The Morgan fingerprint density at radius 1 is 1.06 bits per heavy atom. The van der Waals surface area contributed by atoms with Gasteiger partial charge in [0.05, 0.1) is 0 Å². The van der Waals surface area contributed by atoms with Crippen LogP contribution in [0.5, 0.6) is 0 Å². The van der Waals surface area contributed by atoms with Gasteiger partial charge in [0.1, 0.15) is 5.69 Å². The van der Waals surface area contributed by atoms with Gasteiger partial charge in [-0.05, 0) is 35.7 Å². The Morgan fingerprint density at radius 2 is 2.00 bits per heavy atom. The zero-order valence-corrected chi connectivity index (χ0v) is 9.41. The molecule has 0 saturated heterocycles. The van der Waals surface area contributed by atoms with E-state index in [0.29, 0.717) is 5.88 Å². The predicted octanol–water partition coefficient (Wildman–Crippen LogP) is 3.22. The van der Waals surface area contributed by atoms with Crippen molar-refractivity contribution >= 4 is 11.6 Å². The van der Waals surface area contributed by atoms with Crippen molar-refractivity contribution in [1.82, 2.24) is 4.98 Å². The molecule has 0 fully saturated rings. The van der Waals surface area contributed by atoms with Gasteiger partial charge in [-0.3, -0.25) is 0 Å². The van der Waals surface area contributed by atoms with Crippen LogP contribution in [0.1, 0.15) is 16.8 Å². The first-order chi connectivity index (χ1) is 7.88. The minimum absolute atomic E-state index is 0.513. The third-order valence-electron chi connectivity index (χ3n) is 2.08. The van der Waals surface area contributed by atoms with E-state index < -0.39 is 0 Å². The van der Waals surface area contributed by atoms with Gasteiger partial charge in [0.25, 0.3) is 0 Å². The van der Waals surface area contributed by atoms with Crippen LogP contribution in [0, 0.1) is 11.8 Å². The van der Waals surface area contributed by atoms with E-state index in [0.717, 1.165) is 16.8 Å². The summed E-state index contributed by atoms with van der Waals surface area (Å²) in [6.45, 7) is 0. The van der Waals surface area contributed by atoms with E-state index in [9.17, 15) is 0 Å². The van der Waals surface area contributed by atoms with Crippen LogP contribution in [-0.2, 0) is 5.88 Å². The minimum atomic E-state index is 0.513. The summed E-state index contributed by atoms with van der Waals surface area (Å²) in [6.07, 6.45) is 1.74. The summed E-state index contributed by atoms with van der Waals surface area (Å²) < 4.78 is 0. The summed E-state index contributed by atoms with van der Waals surface area (Å²) in [4.78, 5) is 4.14. The Morgan fingerprint density at radius 3 is 2.75 bits per heavy atom. The van der Waals surface area contributed by atoms with Crippen LogP contribution < -0.4 is 0 Å². The normalized spacial score (nSPS) is 9.31. The highest BCUT2D eigenvalue weighted by atomic mass is 35.5. The highest BCUT2D eigenvalue weighted by molar-refractivity contribution is 6.17. The van der Waals surface area contributed by atoms with Crippen LogP contribution in [0.25, 0.3) is 0 Å². The number of aromatic nitrogens is 1. The molecule has 1 nitrogen and oxygen atoms in total. The van der Waals surface area contributed by atoms with E-state index >= 15 is 0 Å². The highest BCUT2D eigenvalue weighted by Crippen LogP contribution is 2.06. The molecule has 1 aromatic carbocycles. The SMILES string of the molecule is ClCc1cccc(C#Cc2ccccn2)c1. The summed E-state index contributed by atoms with van der Waals surface area (Å²) in [7, 11) is 0. The molecule has 0 N–H and O–H groups in total. The quantitative estimate of drug-likeness (QED) is 0.539. The summed E-state index contributed by atoms with van der Waals surface area (Å²) >= 11 is 5.76. The Bertz CT molecular complexity index is 523. The maximum Gasteiger partial charge on any atom is 0.113 e. The van der Waals surface area contributed by atoms with E-state index in [-0.39, 0.29) is 0 Å². The van der Waals surface area contributed by atoms with Crippen molar-refractivity contribution < 1.29 is 0 Å². The number of halogens is 1. The number of benzene rings is 1. The predicted molar refractivity (Wildman–Crippen MR) is 66.2 cm³/mol. The van der Waals surface area contributed by atoms with Crippen LogP contribution in [0.4, 0.5) is 0 Å². The van der Waals surface area contributed by atoms with Crippen molar-refractivity contribution in [3.05, 3.63) is 65.5 Å². The highest BCUT2D eigenvalue weighted by Gasteiger charge is 1.91. The summed E-state index contributed by atoms with van der Waals surface area (Å²) in [5.74, 6) is 6.59. The smallest absolute Gasteiger partial charge is 0.113 e. The Balaban J connectivity index is 2.24. The molecule has 0 radical (unpaired) electrons.